The molecule has 0 saturated heterocycles. The maximum atomic E-state index is 12.1. The number of amides is 1. The van der Waals surface area contributed by atoms with Gasteiger partial charge in [0.1, 0.15) is 0 Å². The van der Waals surface area contributed by atoms with Gasteiger partial charge >= 0.3 is 0 Å². The minimum absolute atomic E-state index is 0.0349. The molecule has 0 aliphatic carbocycles. The molecular weight excluding hydrogens is 256 g/mol. The lowest BCUT2D eigenvalue weighted by molar-refractivity contribution is -0.126. The van der Waals surface area contributed by atoms with Crippen LogP contribution in [-0.2, 0) is 11.3 Å². The Morgan fingerprint density at radius 3 is 2.79 bits per heavy atom. The Hall–Kier alpha value is -1.94. The van der Waals surface area contributed by atoms with Gasteiger partial charge in [0, 0.05) is 29.9 Å². The molecule has 3 nitrogen and oxygen atoms in total. The summed E-state index contributed by atoms with van der Waals surface area (Å²) in [6, 6.07) is 7.80. The minimum Gasteiger partial charge on any atom is -0.334 e. The number of carbonyl (C=O) groups excluding carboxylic acids is 1. The molecule has 0 spiro atoms. The minimum atomic E-state index is 0.0349. The standard InChI is InChI=1S/C15H16N2OS/c1-2-17(12-14-4-3-11-19-14)15(18)6-5-13-7-9-16-10-8-13/h3-11H,2,12H2,1H3. The number of hydrogen-bond donors (Lipinski definition) is 0. The molecule has 0 saturated carbocycles. The molecule has 0 radical (unpaired) electrons. The van der Waals surface area contributed by atoms with E-state index >= 15 is 0 Å². The molecule has 1 amide bonds. The number of thiophene rings is 1. The van der Waals surface area contributed by atoms with E-state index in [9.17, 15) is 4.79 Å². The molecule has 0 unspecified atom stereocenters. The van der Waals surface area contributed by atoms with Crippen LogP contribution in [0.5, 0.6) is 0 Å². The predicted octanol–water partition coefficient (Wildman–Crippen LogP) is 3.21. The Balaban J connectivity index is 1.99. The van der Waals surface area contributed by atoms with E-state index in [-0.39, 0.29) is 5.91 Å². The first-order valence-electron chi connectivity index (χ1n) is 6.19. The second-order valence-electron chi connectivity index (χ2n) is 4.05. The normalized spacial score (nSPS) is 10.8. The molecule has 4 heteroatoms. The van der Waals surface area contributed by atoms with Crippen molar-refractivity contribution >= 4 is 23.3 Å². The fourth-order valence-electron chi connectivity index (χ4n) is 1.68. The lowest BCUT2D eigenvalue weighted by Crippen LogP contribution is -2.28. The zero-order valence-electron chi connectivity index (χ0n) is 10.8. The Kier molecular flexibility index (Phi) is 4.86. The van der Waals surface area contributed by atoms with E-state index in [0.717, 1.165) is 5.56 Å². The maximum Gasteiger partial charge on any atom is 0.246 e. The van der Waals surface area contributed by atoms with Crippen molar-refractivity contribution in [3.05, 3.63) is 58.6 Å². The summed E-state index contributed by atoms with van der Waals surface area (Å²) >= 11 is 1.67. The number of rotatable bonds is 5. The Labute approximate surface area is 117 Å². The third-order valence-corrected chi connectivity index (χ3v) is 3.61. The molecule has 2 rings (SSSR count). The van der Waals surface area contributed by atoms with Crippen LogP contribution in [0.3, 0.4) is 0 Å². The van der Waals surface area contributed by atoms with Crippen LogP contribution in [-0.4, -0.2) is 22.3 Å². The van der Waals surface area contributed by atoms with Crippen molar-refractivity contribution in [3.8, 4) is 0 Å². The molecule has 2 aromatic heterocycles. The van der Waals surface area contributed by atoms with Crippen LogP contribution in [0.2, 0.25) is 0 Å². The average Bonchev–Trinajstić information content (AvgIpc) is 2.96. The van der Waals surface area contributed by atoms with Crippen molar-refractivity contribution in [1.82, 2.24) is 9.88 Å². The smallest absolute Gasteiger partial charge is 0.246 e. The summed E-state index contributed by atoms with van der Waals surface area (Å²) in [4.78, 5) is 19.1. The van der Waals surface area contributed by atoms with Gasteiger partial charge in [0.05, 0.1) is 6.54 Å². The van der Waals surface area contributed by atoms with E-state index in [1.165, 1.54) is 4.88 Å². The molecule has 0 aromatic carbocycles. The number of pyridine rings is 1. The zero-order chi connectivity index (χ0) is 13.5. The van der Waals surface area contributed by atoms with E-state index < -0.39 is 0 Å². The highest BCUT2D eigenvalue weighted by atomic mass is 32.1. The van der Waals surface area contributed by atoms with Crippen molar-refractivity contribution in [2.75, 3.05) is 6.54 Å². The first-order chi connectivity index (χ1) is 9.29. The predicted molar refractivity (Wildman–Crippen MR) is 78.7 cm³/mol. The van der Waals surface area contributed by atoms with Gasteiger partial charge in [-0.25, -0.2) is 0 Å². The third-order valence-electron chi connectivity index (χ3n) is 2.74. The maximum absolute atomic E-state index is 12.1. The van der Waals surface area contributed by atoms with Crippen LogP contribution >= 0.6 is 11.3 Å². The molecule has 0 atom stereocenters. The van der Waals surface area contributed by atoms with Gasteiger partial charge in [-0.05, 0) is 42.1 Å². The number of nitrogens with zero attached hydrogens (tertiary/aromatic N) is 2. The first-order valence-corrected chi connectivity index (χ1v) is 7.07. The second kappa shape index (κ2) is 6.85. The van der Waals surface area contributed by atoms with Crippen LogP contribution in [0.15, 0.2) is 48.1 Å². The van der Waals surface area contributed by atoms with E-state index in [1.54, 1.807) is 29.8 Å². The molecule has 2 aromatic rings. The Morgan fingerprint density at radius 1 is 1.37 bits per heavy atom. The van der Waals surface area contributed by atoms with Crippen molar-refractivity contribution in [3.63, 3.8) is 0 Å². The SMILES string of the molecule is CCN(Cc1cccs1)C(=O)C=Cc1ccncc1. The molecular formula is C15H16N2OS. The summed E-state index contributed by atoms with van der Waals surface area (Å²) in [6.45, 7) is 3.37. The van der Waals surface area contributed by atoms with Crippen LogP contribution in [0.4, 0.5) is 0 Å². The topological polar surface area (TPSA) is 33.2 Å². The highest BCUT2D eigenvalue weighted by molar-refractivity contribution is 7.09. The number of aromatic nitrogens is 1. The van der Waals surface area contributed by atoms with Gasteiger partial charge in [0.2, 0.25) is 5.91 Å². The van der Waals surface area contributed by atoms with E-state index in [4.69, 9.17) is 0 Å². The quantitative estimate of drug-likeness (QED) is 0.783. The van der Waals surface area contributed by atoms with Crippen LogP contribution in [0.1, 0.15) is 17.4 Å². The van der Waals surface area contributed by atoms with Gasteiger partial charge in [-0.1, -0.05) is 6.07 Å². The summed E-state index contributed by atoms with van der Waals surface area (Å²) < 4.78 is 0. The van der Waals surface area contributed by atoms with Gasteiger partial charge < -0.3 is 4.90 Å². The Bertz CT molecular complexity index is 535. The van der Waals surface area contributed by atoms with Crippen LogP contribution in [0, 0.1) is 0 Å². The van der Waals surface area contributed by atoms with Gasteiger partial charge in [-0.2, -0.15) is 0 Å². The molecule has 0 aliphatic rings. The summed E-state index contributed by atoms with van der Waals surface area (Å²) in [5.74, 6) is 0.0349. The largest absolute Gasteiger partial charge is 0.334 e. The zero-order valence-corrected chi connectivity index (χ0v) is 11.6. The van der Waals surface area contributed by atoms with Gasteiger partial charge in [-0.3, -0.25) is 9.78 Å². The lowest BCUT2D eigenvalue weighted by Gasteiger charge is -2.18. The number of likely N-dealkylation sites (N-methyl/N-ethyl adjacent to an activating group) is 1. The van der Waals surface area contributed by atoms with E-state index in [1.807, 2.05) is 47.5 Å². The molecule has 98 valence electrons. The van der Waals surface area contributed by atoms with Crippen molar-refractivity contribution in [2.24, 2.45) is 0 Å². The van der Waals surface area contributed by atoms with Gasteiger partial charge in [0.25, 0.3) is 0 Å². The van der Waals surface area contributed by atoms with Crippen molar-refractivity contribution in [1.29, 1.82) is 0 Å². The highest BCUT2D eigenvalue weighted by Gasteiger charge is 2.09. The third kappa shape index (κ3) is 4.03. The molecule has 0 N–H and O–H groups in total. The number of carbonyl (C=O) groups is 1. The molecule has 0 aliphatic heterocycles. The lowest BCUT2D eigenvalue weighted by atomic mass is 10.2. The molecule has 0 fully saturated rings. The monoisotopic (exact) mass is 272 g/mol. The summed E-state index contributed by atoms with van der Waals surface area (Å²) in [5.41, 5.74) is 0.982. The van der Waals surface area contributed by atoms with E-state index in [2.05, 4.69) is 4.98 Å². The van der Waals surface area contributed by atoms with Crippen molar-refractivity contribution < 1.29 is 4.79 Å². The van der Waals surface area contributed by atoms with Crippen LogP contribution < -0.4 is 0 Å². The van der Waals surface area contributed by atoms with Crippen molar-refractivity contribution in [2.45, 2.75) is 13.5 Å². The fraction of sp³-hybridized carbons (Fsp3) is 0.200. The van der Waals surface area contributed by atoms with Gasteiger partial charge in [-0.15, -0.1) is 11.3 Å². The molecule has 19 heavy (non-hydrogen) atoms. The van der Waals surface area contributed by atoms with Crippen LogP contribution in [0.25, 0.3) is 6.08 Å². The number of hydrogen-bond acceptors (Lipinski definition) is 3. The summed E-state index contributed by atoms with van der Waals surface area (Å²) in [6.07, 6.45) is 6.87. The fourth-order valence-corrected chi connectivity index (χ4v) is 2.40. The Morgan fingerprint density at radius 2 is 2.16 bits per heavy atom. The average molecular weight is 272 g/mol. The first kappa shape index (κ1) is 13.5. The molecule has 2 heterocycles. The van der Waals surface area contributed by atoms with E-state index in [0.29, 0.717) is 13.1 Å². The summed E-state index contributed by atoms with van der Waals surface area (Å²) in [7, 11) is 0. The van der Waals surface area contributed by atoms with Gasteiger partial charge in [0.15, 0.2) is 0 Å². The molecule has 0 bridgehead atoms. The summed E-state index contributed by atoms with van der Waals surface area (Å²) in [5, 5.41) is 2.03. The second-order valence-corrected chi connectivity index (χ2v) is 5.08. The highest BCUT2D eigenvalue weighted by Crippen LogP contribution is 2.12.